The van der Waals surface area contributed by atoms with Gasteiger partial charge in [0.2, 0.25) is 6.29 Å². The van der Waals surface area contributed by atoms with Gasteiger partial charge in [0, 0.05) is 12.1 Å². The molecule has 0 aliphatic carbocycles. The smallest absolute Gasteiger partial charge is 0.229 e. The number of aliphatic hydroxyl groups excluding tert-OH is 4. The molecule has 0 bridgehead atoms. The summed E-state index contributed by atoms with van der Waals surface area (Å²) >= 11 is 0. The molecule has 7 N–H and O–H groups in total. The van der Waals surface area contributed by atoms with Gasteiger partial charge in [-0.2, -0.15) is 0 Å². The van der Waals surface area contributed by atoms with E-state index < -0.39 is 54.9 Å². The fourth-order valence-corrected chi connectivity index (χ4v) is 3.71. The number of ether oxygens (including phenoxy) is 3. The number of carbonyl (C=O) groups excluding carboxylic acids is 1. The lowest BCUT2D eigenvalue weighted by molar-refractivity contribution is -0.277. The molecule has 11 heteroatoms. The summed E-state index contributed by atoms with van der Waals surface area (Å²) in [5, 5.41) is 68.8. The van der Waals surface area contributed by atoms with Crippen molar-refractivity contribution in [2.45, 2.75) is 43.2 Å². The van der Waals surface area contributed by atoms with Gasteiger partial charge in [0.1, 0.15) is 53.3 Å². The van der Waals surface area contributed by atoms with Gasteiger partial charge in [-0.3, -0.25) is 4.79 Å². The number of hydrogen-bond donors (Lipinski definition) is 7. The van der Waals surface area contributed by atoms with E-state index in [9.17, 15) is 40.5 Å². The number of fused-ring (bicyclic) bond motifs is 1. The van der Waals surface area contributed by atoms with Crippen LogP contribution in [0.5, 0.6) is 28.7 Å². The summed E-state index contributed by atoms with van der Waals surface area (Å²) in [4.78, 5) is 12.6. The van der Waals surface area contributed by atoms with Crippen LogP contribution in [0, 0.1) is 0 Å². The fourth-order valence-electron chi connectivity index (χ4n) is 3.71. The first kappa shape index (κ1) is 22.1. The molecule has 4 rings (SSSR count). The van der Waals surface area contributed by atoms with Crippen LogP contribution in [0.25, 0.3) is 0 Å². The molecule has 0 amide bonds. The Morgan fingerprint density at radius 3 is 2.38 bits per heavy atom. The maximum atomic E-state index is 12.6. The molecule has 0 saturated carbocycles. The van der Waals surface area contributed by atoms with Crippen molar-refractivity contribution >= 4 is 5.78 Å². The van der Waals surface area contributed by atoms with Crippen molar-refractivity contribution in [1.82, 2.24) is 0 Å². The maximum Gasteiger partial charge on any atom is 0.229 e. The van der Waals surface area contributed by atoms with Crippen molar-refractivity contribution in [3.63, 3.8) is 0 Å². The summed E-state index contributed by atoms with van der Waals surface area (Å²) in [6.45, 7) is -0.640. The van der Waals surface area contributed by atoms with E-state index in [1.807, 2.05) is 0 Å². The molecular formula is C21H22O11. The molecule has 2 aliphatic rings. The Balaban J connectivity index is 1.60. The number of hydrogen-bond acceptors (Lipinski definition) is 11. The van der Waals surface area contributed by atoms with Crippen molar-refractivity contribution in [3.05, 3.63) is 41.5 Å². The molecule has 0 unspecified atom stereocenters. The Bertz CT molecular complexity index is 1020. The average molecular weight is 450 g/mol. The summed E-state index contributed by atoms with van der Waals surface area (Å²) < 4.78 is 16.6. The van der Waals surface area contributed by atoms with Crippen LogP contribution in [0.4, 0.5) is 0 Å². The predicted molar refractivity (Wildman–Crippen MR) is 105 cm³/mol. The normalized spacial score (nSPS) is 29.8. The molecule has 0 radical (unpaired) electrons. The van der Waals surface area contributed by atoms with Gasteiger partial charge in [-0.05, 0) is 17.7 Å². The van der Waals surface area contributed by atoms with Crippen LogP contribution in [0.2, 0.25) is 0 Å². The van der Waals surface area contributed by atoms with E-state index in [2.05, 4.69) is 0 Å². The molecule has 2 aliphatic heterocycles. The molecular weight excluding hydrogens is 428 g/mol. The van der Waals surface area contributed by atoms with E-state index in [0.29, 0.717) is 5.56 Å². The lowest BCUT2D eigenvalue weighted by Crippen LogP contribution is -2.60. The van der Waals surface area contributed by atoms with Crippen molar-refractivity contribution in [2.24, 2.45) is 0 Å². The molecule has 1 saturated heterocycles. The van der Waals surface area contributed by atoms with Gasteiger partial charge in [-0.15, -0.1) is 0 Å². The Morgan fingerprint density at radius 1 is 0.938 bits per heavy atom. The van der Waals surface area contributed by atoms with E-state index in [4.69, 9.17) is 14.2 Å². The van der Waals surface area contributed by atoms with Gasteiger partial charge in [0.25, 0.3) is 0 Å². The minimum atomic E-state index is -1.67. The molecule has 2 aromatic rings. The Labute approximate surface area is 181 Å². The largest absolute Gasteiger partial charge is 0.507 e. The topological polar surface area (TPSA) is 186 Å². The molecule has 172 valence electrons. The number of aromatic hydroxyl groups is 3. The van der Waals surface area contributed by atoms with Crippen LogP contribution in [-0.2, 0) is 4.74 Å². The second-order valence-corrected chi connectivity index (χ2v) is 7.61. The van der Waals surface area contributed by atoms with Gasteiger partial charge >= 0.3 is 0 Å². The van der Waals surface area contributed by atoms with E-state index >= 15 is 0 Å². The lowest BCUT2D eigenvalue weighted by atomic mass is 9.95. The maximum absolute atomic E-state index is 12.6. The second kappa shape index (κ2) is 8.45. The second-order valence-electron chi connectivity index (χ2n) is 7.61. The first-order valence-corrected chi connectivity index (χ1v) is 9.75. The third-order valence-corrected chi connectivity index (χ3v) is 5.45. The molecule has 6 atom stereocenters. The van der Waals surface area contributed by atoms with Crippen molar-refractivity contribution in [3.8, 4) is 28.7 Å². The predicted octanol–water partition coefficient (Wildman–Crippen LogP) is -0.311. The van der Waals surface area contributed by atoms with Crippen LogP contribution in [0.1, 0.15) is 28.4 Å². The third kappa shape index (κ3) is 3.92. The number of rotatable bonds is 4. The summed E-state index contributed by atoms with van der Waals surface area (Å²) in [5.41, 5.74) is 0.337. The number of aliphatic hydroxyl groups is 4. The Morgan fingerprint density at radius 2 is 1.69 bits per heavy atom. The van der Waals surface area contributed by atoms with Crippen molar-refractivity contribution in [2.75, 3.05) is 6.61 Å². The highest BCUT2D eigenvalue weighted by molar-refractivity contribution is 6.02. The number of carbonyl (C=O) groups is 1. The summed E-state index contributed by atoms with van der Waals surface area (Å²) in [6.07, 6.45) is -8.50. The van der Waals surface area contributed by atoms with Crippen molar-refractivity contribution in [1.29, 1.82) is 0 Å². The number of phenolic OH excluding ortho intramolecular Hbond substituents is 3. The zero-order chi connectivity index (χ0) is 23.2. The summed E-state index contributed by atoms with van der Waals surface area (Å²) in [7, 11) is 0. The highest BCUT2D eigenvalue weighted by Crippen LogP contribution is 2.43. The van der Waals surface area contributed by atoms with Gasteiger partial charge in [-0.25, -0.2) is 0 Å². The highest BCUT2D eigenvalue weighted by atomic mass is 16.7. The lowest BCUT2D eigenvalue weighted by Gasteiger charge is -2.39. The number of Topliss-reactive ketones (excluding diaryl/α,β-unsaturated/α-hetero) is 1. The van der Waals surface area contributed by atoms with Crippen LogP contribution < -0.4 is 9.47 Å². The number of phenols is 3. The minimum Gasteiger partial charge on any atom is -0.507 e. The summed E-state index contributed by atoms with van der Waals surface area (Å²) in [6, 6.07) is 6.37. The van der Waals surface area contributed by atoms with Gasteiger partial charge in [-0.1, -0.05) is 6.07 Å². The van der Waals surface area contributed by atoms with E-state index in [-0.39, 0.29) is 35.0 Å². The van der Waals surface area contributed by atoms with Gasteiger partial charge < -0.3 is 50.0 Å². The summed E-state index contributed by atoms with van der Waals surface area (Å²) in [5.74, 6) is -1.69. The standard InChI is InChI=1S/C21H22O11/c22-7-16-18(27)19(28)20(29)21(32-16)30-9-4-12(25)17-13(26)6-14(31-15(17)5-9)8-1-2-10(23)11(24)3-8/h1-5,14,16,18-25,27-29H,6-7H2/t14-,16+,18+,19-,20+,21+/m1/s1. The monoisotopic (exact) mass is 450 g/mol. The van der Waals surface area contributed by atoms with Crippen LogP contribution in [-0.4, -0.2) is 78.8 Å². The van der Waals surface area contributed by atoms with E-state index in [1.165, 1.54) is 24.3 Å². The fraction of sp³-hybridized carbons (Fsp3) is 0.381. The van der Waals surface area contributed by atoms with Crippen LogP contribution >= 0.6 is 0 Å². The van der Waals surface area contributed by atoms with Crippen LogP contribution in [0.3, 0.4) is 0 Å². The molecule has 32 heavy (non-hydrogen) atoms. The first-order valence-electron chi connectivity index (χ1n) is 9.75. The highest BCUT2D eigenvalue weighted by Gasteiger charge is 2.45. The van der Waals surface area contributed by atoms with Gasteiger partial charge in [0.15, 0.2) is 17.3 Å². The van der Waals surface area contributed by atoms with E-state index in [0.717, 1.165) is 6.07 Å². The molecule has 2 heterocycles. The number of ketones is 1. The van der Waals surface area contributed by atoms with E-state index in [1.54, 1.807) is 0 Å². The zero-order valence-corrected chi connectivity index (χ0v) is 16.5. The third-order valence-electron chi connectivity index (χ3n) is 5.45. The minimum absolute atomic E-state index is 0.0293. The Kier molecular flexibility index (Phi) is 5.84. The average Bonchev–Trinajstić information content (AvgIpc) is 2.75. The Hall–Kier alpha value is -3.09. The molecule has 2 aromatic carbocycles. The molecule has 11 nitrogen and oxygen atoms in total. The van der Waals surface area contributed by atoms with Gasteiger partial charge in [0.05, 0.1) is 13.0 Å². The SMILES string of the molecule is O=C1C[C@H](c2ccc(O)c(O)c2)Oc2cc(O[C@H]3O[C@@H](CO)[C@H](O)[C@@H](O)[C@@H]3O)cc(O)c21. The zero-order valence-electron chi connectivity index (χ0n) is 16.5. The quantitative estimate of drug-likeness (QED) is 0.303. The molecule has 0 spiro atoms. The molecule has 0 aromatic heterocycles. The first-order chi connectivity index (χ1) is 15.2. The van der Waals surface area contributed by atoms with Crippen molar-refractivity contribution < 1.29 is 54.8 Å². The van der Waals surface area contributed by atoms with Crippen LogP contribution in [0.15, 0.2) is 30.3 Å². The number of benzene rings is 2. The molecule has 1 fully saturated rings.